The summed E-state index contributed by atoms with van der Waals surface area (Å²) in [7, 11) is 0. The van der Waals surface area contributed by atoms with E-state index in [1.807, 2.05) is 31.6 Å². The number of aliphatic imine (C=N–C) groups is 1. The molecule has 1 fully saturated rings. The predicted molar refractivity (Wildman–Crippen MR) is 82.3 cm³/mol. The minimum atomic E-state index is -0.480. The fraction of sp³-hybridized carbons (Fsp3) is 0.643. The first-order chi connectivity index (χ1) is 9.90. The molecule has 1 aromatic rings. The quantitative estimate of drug-likeness (QED) is 0.635. The number of carbonyl (C=O) groups is 1. The minimum absolute atomic E-state index is 0.197. The summed E-state index contributed by atoms with van der Waals surface area (Å²) >= 11 is 4.58. The van der Waals surface area contributed by atoms with E-state index in [0.717, 1.165) is 12.8 Å². The first-order valence-electron chi connectivity index (χ1n) is 6.99. The Kier molecular flexibility index (Phi) is 4.88. The summed E-state index contributed by atoms with van der Waals surface area (Å²) in [6.07, 6.45) is 5.28. The van der Waals surface area contributed by atoms with Gasteiger partial charge in [-0.25, -0.2) is 4.79 Å². The van der Waals surface area contributed by atoms with Crippen LogP contribution in [-0.2, 0) is 9.63 Å². The summed E-state index contributed by atoms with van der Waals surface area (Å²) in [5, 5.41) is 8.37. The van der Waals surface area contributed by atoms with E-state index in [2.05, 4.69) is 27.5 Å². The monoisotopic (exact) mass is 308 g/mol. The predicted octanol–water partition coefficient (Wildman–Crippen LogP) is 2.76. The Morgan fingerprint density at radius 2 is 2.14 bits per heavy atom. The van der Waals surface area contributed by atoms with Crippen LogP contribution in [0.5, 0.6) is 0 Å². The lowest BCUT2D eigenvalue weighted by Gasteiger charge is -2.32. The maximum absolute atomic E-state index is 11.8. The topological polar surface area (TPSA) is 59.7 Å². The molecule has 114 valence electrons. The second-order valence-electron chi connectivity index (χ2n) is 6.17. The van der Waals surface area contributed by atoms with Gasteiger partial charge in [-0.2, -0.15) is 10.1 Å². The molecule has 2 rings (SSSR count). The Labute approximate surface area is 129 Å². The highest BCUT2D eigenvalue weighted by Gasteiger charge is 2.29. The molecule has 0 spiro atoms. The number of hydrogen-bond acceptors (Lipinski definition) is 6. The number of piperidine rings is 1. The maximum atomic E-state index is 11.8. The second kappa shape index (κ2) is 6.47. The Hall–Kier alpha value is -1.56. The van der Waals surface area contributed by atoms with Gasteiger partial charge in [-0.05, 0) is 45.8 Å². The Morgan fingerprint density at radius 1 is 1.48 bits per heavy atom. The van der Waals surface area contributed by atoms with E-state index in [-0.39, 0.29) is 5.97 Å². The zero-order valence-electron chi connectivity index (χ0n) is 12.6. The van der Waals surface area contributed by atoms with Crippen LogP contribution in [0.3, 0.4) is 0 Å². The molecule has 0 aliphatic carbocycles. The molecule has 21 heavy (non-hydrogen) atoms. The summed E-state index contributed by atoms with van der Waals surface area (Å²) in [5.41, 5.74) is 0.235. The Balaban J connectivity index is 1.88. The third kappa shape index (κ3) is 4.20. The largest absolute Gasteiger partial charge is 0.367 e. The third-order valence-corrected chi connectivity index (χ3v) is 3.48. The molecule has 7 heteroatoms. The van der Waals surface area contributed by atoms with Gasteiger partial charge in [0.15, 0.2) is 0 Å². The molecule has 1 aromatic heterocycles. The van der Waals surface area contributed by atoms with E-state index in [0.29, 0.717) is 24.8 Å². The summed E-state index contributed by atoms with van der Waals surface area (Å²) in [5.74, 6) is -0.197. The second-order valence-corrected chi connectivity index (χ2v) is 6.35. The lowest BCUT2D eigenvalue weighted by Crippen LogP contribution is -2.39. The molecule has 2 heterocycles. The van der Waals surface area contributed by atoms with Gasteiger partial charge in [0.2, 0.25) is 0 Å². The zero-order valence-corrected chi connectivity index (χ0v) is 13.4. The number of thiocarbonyl (C=S) groups is 1. The van der Waals surface area contributed by atoms with E-state index >= 15 is 0 Å². The normalized spacial score (nSPS) is 17.3. The molecular formula is C14H20N4O2S. The molecule has 0 N–H and O–H groups in total. The van der Waals surface area contributed by atoms with Crippen LogP contribution in [0.15, 0.2) is 17.4 Å². The molecule has 1 saturated heterocycles. The van der Waals surface area contributed by atoms with E-state index in [1.165, 1.54) is 0 Å². The van der Waals surface area contributed by atoms with Gasteiger partial charge in [0.1, 0.15) is 5.69 Å². The number of carbonyl (C=O) groups excluding carboxylic acids is 1. The van der Waals surface area contributed by atoms with Crippen LogP contribution in [0.4, 0.5) is 5.69 Å². The molecule has 1 aliphatic rings. The fourth-order valence-corrected chi connectivity index (χ4v) is 2.20. The van der Waals surface area contributed by atoms with Crippen LogP contribution < -0.4 is 0 Å². The van der Waals surface area contributed by atoms with Crippen molar-refractivity contribution in [3.05, 3.63) is 12.4 Å². The van der Waals surface area contributed by atoms with Crippen molar-refractivity contribution in [3.8, 4) is 0 Å². The third-order valence-electron chi connectivity index (χ3n) is 3.38. The fourth-order valence-electron chi connectivity index (χ4n) is 2.09. The van der Waals surface area contributed by atoms with Gasteiger partial charge in [-0.1, -0.05) is 0 Å². The van der Waals surface area contributed by atoms with Gasteiger partial charge in [-0.15, -0.1) is 5.06 Å². The summed E-state index contributed by atoms with van der Waals surface area (Å²) in [6.45, 7) is 6.97. The molecule has 6 nitrogen and oxygen atoms in total. The molecule has 0 bridgehead atoms. The zero-order chi connectivity index (χ0) is 15.5. The van der Waals surface area contributed by atoms with Gasteiger partial charge in [0.25, 0.3) is 0 Å². The average Bonchev–Trinajstić information content (AvgIpc) is 2.87. The highest BCUT2D eigenvalue weighted by molar-refractivity contribution is 7.78. The van der Waals surface area contributed by atoms with Crippen molar-refractivity contribution in [1.29, 1.82) is 0 Å². The molecule has 0 amide bonds. The van der Waals surface area contributed by atoms with Crippen molar-refractivity contribution in [1.82, 2.24) is 14.8 Å². The smallest absolute Gasteiger partial charge is 0.330 e. The average molecular weight is 308 g/mol. The van der Waals surface area contributed by atoms with Gasteiger partial charge >= 0.3 is 5.97 Å². The van der Waals surface area contributed by atoms with Crippen LogP contribution >= 0.6 is 12.2 Å². The lowest BCUT2D eigenvalue weighted by atomic mass is 9.98. The molecule has 0 aromatic carbocycles. The van der Waals surface area contributed by atoms with E-state index in [1.54, 1.807) is 11.3 Å². The van der Waals surface area contributed by atoms with Crippen molar-refractivity contribution in [2.24, 2.45) is 10.4 Å². The standard InChI is InChI=1S/C14H20N4O2S/c1-14(2,3)13(19)20-17-6-4-12(5-7-17)18-9-11(8-16-18)15-10-21/h8-9,12H,4-7H2,1-3H3. The lowest BCUT2D eigenvalue weighted by molar-refractivity contribution is -0.205. The van der Waals surface area contributed by atoms with Gasteiger partial charge in [0, 0.05) is 13.1 Å². The van der Waals surface area contributed by atoms with Crippen LogP contribution in [0.25, 0.3) is 0 Å². The van der Waals surface area contributed by atoms with Crippen LogP contribution in [0, 0.1) is 5.41 Å². The summed E-state index contributed by atoms with van der Waals surface area (Å²) in [4.78, 5) is 21.2. The van der Waals surface area contributed by atoms with Gasteiger partial charge in [-0.3, -0.25) is 4.68 Å². The number of hydroxylamine groups is 2. The van der Waals surface area contributed by atoms with Crippen molar-refractivity contribution in [2.45, 2.75) is 39.7 Å². The van der Waals surface area contributed by atoms with Crippen LogP contribution in [0.2, 0.25) is 0 Å². The van der Waals surface area contributed by atoms with Crippen LogP contribution in [-0.4, -0.2) is 39.1 Å². The van der Waals surface area contributed by atoms with Crippen molar-refractivity contribution < 1.29 is 9.63 Å². The molecular weight excluding hydrogens is 288 g/mol. The molecule has 0 radical (unpaired) electrons. The van der Waals surface area contributed by atoms with E-state index in [4.69, 9.17) is 4.84 Å². The first-order valence-corrected chi connectivity index (χ1v) is 7.40. The number of rotatable bonds is 3. The summed E-state index contributed by atoms with van der Waals surface area (Å²) < 4.78 is 1.90. The molecule has 0 saturated carbocycles. The molecule has 0 unspecified atom stereocenters. The van der Waals surface area contributed by atoms with E-state index < -0.39 is 5.41 Å². The first kappa shape index (κ1) is 15.8. The van der Waals surface area contributed by atoms with Gasteiger partial charge < -0.3 is 4.84 Å². The van der Waals surface area contributed by atoms with E-state index in [9.17, 15) is 4.79 Å². The highest BCUT2D eigenvalue weighted by atomic mass is 32.1. The van der Waals surface area contributed by atoms with Crippen molar-refractivity contribution in [3.63, 3.8) is 0 Å². The number of aromatic nitrogens is 2. The number of isothiocyanates is 1. The number of hydrogen-bond donors (Lipinski definition) is 0. The minimum Gasteiger partial charge on any atom is -0.367 e. The highest BCUT2D eigenvalue weighted by Crippen LogP contribution is 2.25. The SMILES string of the molecule is CC(C)(C)C(=O)ON1CCC(n2cc(N=C=S)cn2)CC1. The number of nitrogens with zero attached hydrogens (tertiary/aromatic N) is 4. The van der Waals surface area contributed by atoms with Crippen LogP contribution in [0.1, 0.15) is 39.7 Å². The van der Waals surface area contributed by atoms with Crippen molar-refractivity contribution in [2.75, 3.05) is 13.1 Å². The summed E-state index contributed by atoms with van der Waals surface area (Å²) in [6, 6.07) is 0.295. The molecule has 0 atom stereocenters. The van der Waals surface area contributed by atoms with Crippen molar-refractivity contribution >= 4 is 29.0 Å². The Morgan fingerprint density at radius 3 is 2.71 bits per heavy atom. The Bertz CT molecular complexity index is 550. The maximum Gasteiger partial charge on any atom is 0.330 e. The van der Waals surface area contributed by atoms with Gasteiger partial charge in [0.05, 0.1) is 29.0 Å². The molecule has 1 aliphatic heterocycles.